The minimum absolute atomic E-state index is 0. The van der Waals surface area contributed by atoms with E-state index in [2.05, 4.69) is 15.9 Å². The first-order valence-electron chi connectivity index (χ1n) is 6.04. The molecule has 0 fully saturated rings. The first-order valence-corrected chi connectivity index (χ1v) is 6.83. The third-order valence-electron chi connectivity index (χ3n) is 3.04. The topological polar surface area (TPSA) is 66.5 Å². The molecule has 0 aliphatic heterocycles. The Morgan fingerprint density at radius 3 is 2.40 bits per heavy atom. The van der Waals surface area contributed by atoms with Gasteiger partial charge in [0.1, 0.15) is 5.75 Å². The van der Waals surface area contributed by atoms with E-state index in [0.29, 0.717) is 12.0 Å². The van der Waals surface area contributed by atoms with Crippen molar-refractivity contribution in [3.8, 4) is 5.75 Å². The molecule has 0 unspecified atom stereocenters. The fourth-order valence-electron chi connectivity index (χ4n) is 1.98. The van der Waals surface area contributed by atoms with Gasteiger partial charge in [-0.2, -0.15) is 0 Å². The fraction of sp³-hybridized carbons (Fsp3) is 0.200. The molecule has 0 saturated carbocycles. The zero-order valence-electron chi connectivity index (χ0n) is 10.7. The maximum absolute atomic E-state index is 10.2. The molecule has 5 heteroatoms. The number of hydrogen-bond donors (Lipinski definition) is 3. The number of benzene rings is 2. The van der Waals surface area contributed by atoms with Crippen LogP contribution in [0.3, 0.4) is 0 Å². The van der Waals surface area contributed by atoms with Crippen LogP contribution in [-0.2, 0) is 6.42 Å². The molecule has 0 bridgehead atoms. The lowest BCUT2D eigenvalue weighted by molar-refractivity contribution is 0.144. The lowest BCUT2D eigenvalue weighted by Gasteiger charge is -2.20. The molecule has 4 N–H and O–H groups in total. The van der Waals surface area contributed by atoms with Gasteiger partial charge in [-0.15, -0.1) is 12.4 Å². The number of aliphatic hydroxyl groups is 1. The van der Waals surface area contributed by atoms with Crippen LogP contribution < -0.4 is 5.73 Å². The third kappa shape index (κ3) is 4.21. The Morgan fingerprint density at radius 1 is 1.10 bits per heavy atom. The Morgan fingerprint density at radius 2 is 1.75 bits per heavy atom. The van der Waals surface area contributed by atoms with Gasteiger partial charge >= 0.3 is 0 Å². The van der Waals surface area contributed by atoms with Gasteiger partial charge < -0.3 is 15.9 Å². The molecule has 2 atom stereocenters. The van der Waals surface area contributed by atoms with E-state index >= 15 is 0 Å². The number of phenols is 1. The summed E-state index contributed by atoms with van der Waals surface area (Å²) in [6, 6.07) is 14.0. The number of halogens is 2. The highest BCUT2D eigenvalue weighted by Crippen LogP contribution is 2.28. The fourth-order valence-corrected chi connectivity index (χ4v) is 2.49. The van der Waals surface area contributed by atoms with E-state index in [1.165, 1.54) is 0 Å². The molecule has 0 heterocycles. The summed E-state index contributed by atoms with van der Waals surface area (Å²) in [5, 5.41) is 19.7. The Labute approximate surface area is 133 Å². The maximum Gasteiger partial charge on any atom is 0.115 e. The number of aliphatic hydroxyl groups excluding tert-OH is 1. The first kappa shape index (κ1) is 17.0. The van der Waals surface area contributed by atoms with Crippen molar-refractivity contribution in [2.45, 2.75) is 18.6 Å². The molecule has 0 saturated heterocycles. The number of phenolic OH excluding ortho intramolecular Hbond substituents is 1. The van der Waals surface area contributed by atoms with Gasteiger partial charge in [-0.3, -0.25) is 0 Å². The van der Waals surface area contributed by atoms with Gasteiger partial charge in [0.25, 0.3) is 0 Å². The van der Waals surface area contributed by atoms with Crippen LogP contribution in [0.5, 0.6) is 5.75 Å². The van der Waals surface area contributed by atoms with E-state index in [-0.39, 0.29) is 18.2 Å². The SMILES string of the molecule is Cl.N[C@H](c1cc(O)ccc1Br)[C@@H](O)Cc1ccccc1. The number of hydrogen-bond acceptors (Lipinski definition) is 3. The lowest BCUT2D eigenvalue weighted by atomic mass is 9.97. The van der Waals surface area contributed by atoms with Crippen molar-refractivity contribution in [2.24, 2.45) is 5.73 Å². The van der Waals surface area contributed by atoms with Gasteiger partial charge in [0.2, 0.25) is 0 Å². The van der Waals surface area contributed by atoms with Crippen LogP contribution in [0.2, 0.25) is 0 Å². The van der Waals surface area contributed by atoms with Crippen LogP contribution in [0, 0.1) is 0 Å². The zero-order valence-corrected chi connectivity index (χ0v) is 13.1. The Bertz CT molecular complexity index is 551. The summed E-state index contributed by atoms with van der Waals surface area (Å²) < 4.78 is 0.782. The van der Waals surface area contributed by atoms with Crippen molar-refractivity contribution >= 4 is 28.3 Å². The lowest BCUT2D eigenvalue weighted by Crippen LogP contribution is -2.28. The van der Waals surface area contributed by atoms with Gasteiger partial charge in [0.15, 0.2) is 0 Å². The number of aromatic hydroxyl groups is 1. The highest BCUT2D eigenvalue weighted by Gasteiger charge is 2.19. The van der Waals surface area contributed by atoms with Gasteiger partial charge in [0, 0.05) is 10.9 Å². The molecule has 0 aliphatic rings. The highest BCUT2D eigenvalue weighted by molar-refractivity contribution is 9.10. The van der Waals surface area contributed by atoms with Crippen molar-refractivity contribution in [3.05, 3.63) is 64.1 Å². The minimum Gasteiger partial charge on any atom is -0.508 e. The molecular weight excluding hydrogens is 342 g/mol. The van der Waals surface area contributed by atoms with E-state index in [1.54, 1.807) is 18.2 Å². The predicted molar refractivity (Wildman–Crippen MR) is 86.1 cm³/mol. The molecular formula is C15H17BrClNO2. The number of rotatable bonds is 4. The summed E-state index contributed by atoms with van der Waals surface area (Å²) in [5.74, 6) is 0.139. The van der Waals surface area contributed by atoms with Crippen LogP contribution in [0.15, 0.2) is 53.0 Å². The van der Waals surface area contributed by atoms with E-state index in [9.17, 15) is 10.2 Å². The average molecular weight is 359 g/mol. The Kier molecular flexibility index (Phi) is 6.49. The summed E-state index contributed by atoms with van der Waals surface area (Å²) in [4.78, 5) is 0. The van der Waals surface area contributed by atoms with E-state index in [0.717, 1.165) is 10.0 Å². The van der Waals surface area contributed by atoms with Crippen molar-refractivity contribution in [2.75, 3.05) is 0 Å². The van der Waals surface area contributed by atoms with Crippen molar-refractivity contribution in [1.82, 2.24) is 0 Å². The molecule has 0 aromatic heterocycles. The smallest absolute Gasteiger partial charge is 0.115 e. The second-order valence-electron chi connectivity index (χ2n) is 4.49. The summed E-state index contributed by atoms with van der Waals surface area (Å²) in [6.45, 7) is 0. The molecule has 0 spiro atoms. The normalized spacial score (nSPS) is 13.3. The Balaban J connectivity index is 0.00000200. The summed E-state index contributed by atoms with van der Waals surface area (Å²) >= 11 is 3.38. The van der Waals surface area contributed by atoms with E-state index in [4.69, 9.17) is 5.73 Å². The molecule has 0 aliphatic carbocycles. The third-order valence-corrected chi connectivity index (χ3v) is 3.76. The summed E-state index contributed by atoms with van der Waals surface area (Å²) in [5.41, 5.74) is 7.79. The second-order valence-corrected chi connectivity index (χ2v) is 5.34. The van der Waals surface area contributed by atoms with Crippen LogP contribution in [0.25, 0.3) is 0 Å². The van der Waals surface area contributed by atoms with Crippen molar-refractivity contribution in [3.63, 3.8) is 0 Å². The van der Waals surface area contributed by atoms with Crippen molar-refractivity contribution in [1.29, 1.82) is 0 Å². The molecule has 108 valence electrons. The quantitative estimate of drug-likeness (QED) is 0.786. The number of nitrogens with two attached hydrogens (primary N) is 1. The highest BCUT2D eigenvalue weighted by atomic mass is 79.9. The van der Waals surface area contributed by atoms with Gasteiger partial charge in [-0.25, -0.2) is 0 Å². The van der Waals surface area contributed by atoms with Gasteiger partial charge in [0.05, 0.1) is 12.1 Å². The van der Waals surface area contributed by atoms with Gasteiger partial charge in [-0.1, -0.05) is 46.3 Å². The monoisotopic (exact) mass is 357 g/mol. The molecule has 3 nitrogen and oxygen atoms in total. The zero-order chi connectivity index (χ0) is 13.8. The van der Waals surface area contributed by atoms with Crippen molar-refractivity contribution < 1.29 is 10.2 Å². The molecule has 0 amide bonds. The molecule has 2 aromatic rings. The maximum atomic E-state index is 10.2. The minimum atomic E-state index is -0.708. The van der Waals surface area contributed by atoms with E-state index < -0.39 is 12.1 Å². The molecule has 2 rings (SSSR count). The van der Waals surface area contributed by atoms with Crippen LogP contribution in [-0.4, -0.2) is 16.3 Å². The predicted octanol–water partition coefficient (Wildman–Crippen LogP) is 3.18. The van der Waals surface area contributed by atoms with Crippen LogP contribution in [0.1, 0.15) is 17.2 Å². The summed E-state index contributed by atoms with van der Waals surface area (Å²) in [7, 11) is 0. The molecule has 20 heavy (non-hydrogen) atoms. The first-order chi connectivity index (χ1) is 9.08. The average Bonchev–Trinajstić information content (AvgIpc) is 2.42. The van der Waals surface area contributed by atoms with Crippen LogP contribution in [0.4, 0.5) is 0 Å². The second kappa shape index (κ2) is 7.64. The standard InChI is InChI=1S/C15H16BrNO2.ClH/c16-13-7-6-11(18)9-12(13)15(17)14(19)8-10-4-2-1-3-5-10;/h1-7,9,14-15,18-19H,8,17H2;1H/t14-,15+;/m0./s1. The molecule has 0 radical (unpaired) electrons. The van der Waals surface area contributed by atoms with Gasteiger partial charge in [-0.05, 0) is 29.3 Å². The van der Waals surface area contributed by atoms with Crippen LogP contribution >= 0.6 is 28.3 Å². The van der Waals surface area contributed by atoms with E-state index in [1.807, 2.05) is 30.3 Å². The largest absolute Gasteiger partial charge is 0.508 e. The summed E-state index contributed by atoms with van der Waals surface area (Å²) in [6.07, 6.45) is -0.232. The Hall–Kier alpha value is -1.07. The molecule has 2 aromatic carbocycles.